The van der Waals surface area contributed by atoms with Crippen LogP contribution in [-0.2, 0) is 28.7 Å². The Morgan fingerprint density at radius 3 is 1.97 bits per heavy atom. The van der Waals surface area contributed by atoms with E-state index in [1.165, 1.54) is 6.92 Å². The lowest BCUT2D eigenvalue weighted by Gasteiger charge is -2.26. The highest BCUT2D eigenvalue weighted by molar-refractivity contribution is 5.93. The number of carbonyl (C=O) groups is 6. The monoisotopic (exact) mass is 501 g/mol. The Bertz CT molecular complexity index is 778. The molecule has 35 heavy (non-hydrogen) atoms. The summed E-state index contributed by atoms with van der Waals surface area (Å²) in [5.41, 5.74) is 4.25. The number of carbonyl (C=O) groups excluding carboxylic acids is 5. The Kier molecular flexibility index (Phi) is 13.4. The normalized spacial score (nSPS) is 13.7. The van der Waals surface area contributed by atoms with Crippen LogP contribution in [0.1, 0.15) is 67.2 Å². The molecule has 0 fully saturated rings. The van der Waals surface area contributed by atoms with Gasteiger partial charge in [0.05, 0.1) is 0 Å². The maximum Gasteiger partial charge on any atom is 0.326 e. The lowest BCUT2D eigenvalue weighted by Crippen LogP contribution is -2.57. The summed E-state index contributed by atoms with van der Waals surface area (Å²) in [5, 5.41) is 19.1. The van der Waals surface area contributed by atoms with Crippen LogP contribution in [0.5, 0.6) is 0 Å². The molecule has 0 unspecified atom stereocenters. The average Bonchev–Trinajstić information content (AvgIpc) is 2.68. The van der Waals surface area contributed by atoms with Crippen LogP contribution in [0.4, 0.5) is 4.79 Å². The number of urea groups is 1. The predicted molar refractivity (Wildman–Crippen MR) is 126 cm³/mol. The van der Waals surface area contributed by atoms with E-state index >= 15 is 0 Å². The molecule has 0 saturated heterocycles. The zero-order chi connectivity index (χ0) is 27.3. The van der Waals surface area contributed by atoms with Crippen molar-refractivity contribution in [3.8, 4) is 0 Å². The number of nitrogens with one attached hydrogen (secondary N) is 4. The molecule has 0 saturated carbocycles. The number of carboxylic acid groups (broad SMARTS) is 1. The van der Waals surface area contributed by atoms with Crippen molar-refractivity contribution in [1.82, 2.24) is 21.3 Å². The van der Waals surface area contributed by atoms with Crippen LogP contribution in [-0.4, -0.2) is 71.1 Å². The fraction of sp³-hybridized carbons (Fsp3) is 0.727. The van der Waals surface area contributed by atoms with Gasteiger partial charge in [-0.15, -0.1) is 0 Å². The lowest BCUT2D eigenvalue weighted by atomic mass is 10.0. The third kappa shape index (κ3) is 14.5. The van der Waals surface area contributed by atoms with Gasteiger partial charge >= 0.3 is 18.0 Å². The molecule has 13 nitrogen and oxygen atoms in total. The van der Waals surface area contributed by atoms with Gasteiger partial charge in [0, 0.05) is 19.9 Å². The molecule has 7 N–H and O–H groups in total. The molecule has 0 aliphatic carbocycles. The number of rotatable bonds is 14. The first-order chi connectivity index (χ1) is 16.0. The van der Waals surface area contributed by atoms with Gasteiger partial charge < -0.3 is 36.8 Å². The first-order valence-electron chi connectivity index (χ1n) is 11.4. The first kappa shape index (κ1) is 31.6. The van der Waals surface area contributed by atoms with Crippen LogP contribution < -0.4 is 27.0 Å². The SMILES string of the molecule is CC(=O)N[C@@H](CCC(=O)OC(C)(C)C)C(=O)N[C@H](C(=O)N[C@@H](CCCNC(N)=O)C(=O)O)C(C)C. The van der Waals surface area contributed by atoms with Crippen LogP contribution in [0.25, 0.3) is 0 Å². The molecule has 0 aromatic heterocycles. The van der Waals surface area contributed by atoms with Crippen molar-refractivity contribution in [2.24, 2.45) is 11.7 Å². The summed E-state index contributed by atoms with van der Waals surface area (Å²) in [7, 11) is 0. The number of hydrogen-bond acceptors (Lipinski definition) is 7. The lowest BCUT2D eigenvalue weighted by molar-refractivity contribution is -0.155. The van der Waals surface area contributed by atoms with Crippen LogP contribution in [0.2, 0.25) is 0 Å². The number of esters is 1. The van der Waals surface area contributed by atoms with Crippen molar-refractivity contribution >= 4 is 35.7 Å². The summed E-state index contributed by atoms with van der Waals surface area (Å²) < 4.78 is 5.22. The van der Waals surface area contributed by atoms with Gasteiger partial charge in [-0.2, -0.15) is 0 Å². The average molecular weight is 502 g/mol. The molecule has 13 heteroatoms. The molecule has 0 heterocycles. The van der Waals surface area contributed by atoms with Gasteiger partial charge in [-0.3, -0.25) is 19.2 Å². The van der Waals surface area contributed by atoms with Gasteiger partial charge in [-0.1, -0.05) is 13.8 Å². The van der Waals surface area contributed by atoms with Gasteiger partial charge in [0.1, 0.15) is 23.7 Å². The third-order valence-electron chi connectivity index (χ3n) is 4.58. The van der Waals surface area contributed by atoms with Gasteiger partial charge in [-0.25, -0.2) is 9.59 Å². The minimum Gasteiger partial charge on any atom is -0.480 e. The Morgan fingerprint density at radius 2 is 1.51 bits per heavy atom. The summed E-state index contributed by atoms with van der Waals surface area (Å²) in [6, 6.07) is -4.22. The Hall–Kier alpha value is -3.38. The smallest absolute Gasteiger partial charge is 0.326 e. The molecule has 200 valence electrons. The highest BCUT2D eigenvalue weighted by Gasteiger charge is 2.31. The highest BCUT2D eigenvalue weighted by Crippen LogP contribution is 2.11. The summed E-state index contributed by atoms with van der Waals surface area (Å²) in [4.78, 5) is 71.6. The number of primary amides is 1. The molecular formula is C22H39N5O8. The predicted octanol–water partition coefficient (Wildman–Crippen LogP) is -0.228. The van der Waals surface area contributed by atoms with Gasteiger partial charge in [0.2, 0.25) is 17.7 Å². The fourth-order valence-corrected chi connectivity index (χ4v) is 2.99. The second-order valence-corrected chi connectivity index (χ2v) is 9.44. The van der Waals surface area contributed by atoms with Crippen LogP contribution in [0.15, 0.2) is 0 Å². The van der Waals surface area contributed by atoms with Crippen molar-refractivity contribution < 1.29 is 38.6 Å². The Balaban J connectivity index is 5.25. The summed E-state index contributed by atoms with van der Waals surface area (Å²) >= 11 is 0. The van der Waals surface area contributed by atoms with E-state index in [1.54, 1.807) is 34.6 Å². The topological polar surface area (TPSA) is 206 Å². The van der Waals surface area contributed by atoms with Crippen molar-refractivity contribution in [1.29, 1.82) is 0 Å². The van der Waals surface area contributed by atoms with E-state index < -0.39 is 65.3 Å². The van der Waals surface area contributed by atoms with Crippen molar-refractivity contribution in [3.05, 3.63) is 0 Å². The van der Waals surface area contributed by atoms with Crippen LogP contribution >= 0.6 is 0 Å². The molecule has 0 radical (unpaired) electrons. The maximum atomic E-state index is 12.9. The van der Waals surface area contributed by atoms with E-state index in [0.717, 1.165) is 0 Å². The summed E-state index contributed by atoms with van der Waals surface area (Å²) in [5.74, 6) is -4.18. The highest BCUT2D eigenvalue weighted by atomic mass is 16.6. The summed E-state index contributed by atoms with van der Waals surface area (Å²) in [6.07, 6.45) is 0.0602. The molecule has 0 rings (SSSR count). The van der Waals surface area contributed by atoms with Gasteiger partial charge in [0.15, 0.2) is 0 Å². The van der Waals surface area contributed by atoms with E-state index in [2.05, 4.69) is 21.3 Å². The minimum absolute atomic E-state index is 0.0184. The van der Waals surface area contributed by atoms with E-state index in [4.69, 9.17) is 10.5 Å². The van der Waals surface area contributed by atoms with E-state index in [-0.39, 0.29) is 32.2 Å². The fourth-order valence-electron chi connectivity index (χ4n) is 2.99. The van der Waals surface area contributed by atoms with Crippen molar-refractivity contribution in [3.63, 3.8) is 0 Å². The zero-order valence-corrected chi connectivity index (χ0v) is 21.2. The third-order valence-corrected chi connectivity index (χ3v) is 4.58. The van der Waals surface area contributed by atoms with Crippen LogP contribution in [0, 0.1) is 5.92 Å². The number of hydrogen-bond donors (Lipinski definition) is 6. The molecule has 0 aliphatic rings. The van der Waals surface area contributed by atoms with E-state index in [0.29, 0.717) is 0 Å². The molecular weight excluding hydrogens is 462 g/mol. The number of carboxylic acids is 1. The van der Waals surface area contributed by atoms with E-state index in [9.17, 15) is 33.9 Å². The largest absolute Gasteiger partial charge is 0.480 e. The van der Waals surface area contributed by atoms with Crippen molar-refractivity contribution in [2.75, 3.05) is 6.54 Å². The standard InChI is InChI=1S/C22H39N5O8/c1-12(2)17(19(31)26-15(20(32)33)8-7-11-24-21(23)34)27-18(30)14(25-13(3)28)9-10-16(29)35-22(4,5)6/h12,14-15,17H,7-11H2,1-6H3,(H,25,28)(H,26,31)(H,27,30)(H,32,33)(H3,23,24,34)/t14-,15-,17-/m0/s1. The van der Waals surface area contributed by atoms with Crippen LogP contribution in [0.3, 0.4) is 0 Å². The number of amides is 5. The quantitative estimate of drug-likeness (QED) is 0.138. The first-order valence-corrected chi connectivity index (χ1v) is 11.4. The van der Waals surface area contributed by atoms with E-state index in [1.807, 2.05) is 0 Å². The zero-order valence-electron chi connectivity index (χ0n) is 21.2. The molecule has 0 spiro atoms. The Labute approximate surface area is 205 Å². The summed E-state index contributed by atoms with van der Waals surface area (Å²) in [6.45, 7) is 9.77. The second-order valence-electron chi connectivity index (χ2n) is 9.44. The second kappa shape index (κ2) is 14.8. The maximum absolute atomic E-state index is 12.9. The molecule has 3 atom stereocenters. The van der Waals surface area contributed by atoms with Gasteiger partial charge in [-0.05, 0) is 46.0 Å². The molecule has 0 aromatic carbocycles. The molecule has 0 aromatic rings. The number of nitrogens with two attached hydrogens (primary N) is 1. The Morgan fingerprint density at radius 1 is 0.914 bits per heavy atom. The number of ether oxygens (including phenoxy) is 1. The molecule has 0 aliphatic heterocycles. The van der Waals surface area contributed by atoms with Crippen molar-refractivity contribution in [2.45, 2.75) is 91.0 Å². The van der Waals surface area contributed by atoms with Gasteiger partial charge in [0.25, 0.3) is 0 Å². The minimum atomic E-state index is -1.28. The number of aliphatic carboxylic acids is 1. The molecule has 5 amide bonds. The molecule has 0 bridgehead atoms.